The molecule has 0 spiro atoms. The predicted octanol–water partition coefficient (Wildman–Crippen LogP) is 0.507. The molecular formula is C9H17NO3. The number of carbonyl (C=O) groups is 2. The maximum absolute atomic E-state index is 11.2. The van der Waals surface area contributed by atoms with Gasteiger partial charge in [0.1, 0.15) is 5.78 Å². The highest BCUT2D eigenvalue weighted by Crippen LogP contribution is 2.11. The van der Waals surface area contributed by atoms with Crippen molar-refractivity contribution in [2.75, 3.05) is 13.7 Å². The molecule has 0 saturated carbocycles. The number of carbonyl (C=O) groups excluding carboxylic acids is 2. The van der Waals surface area contributed by atoms with Crippen molar-refractivity contribution in [3.63, 3.8) is 0 Å². The van der Waals surface area contributed by atoms with E-state index < -0.39 is 5.60 Å². The lowest BCUT2D eigenvalue weighted by Crippen LogP contribution is -2.35. The van der Waals surface area contributed by atoms with E-state index in [-0.39, 0.29) is 24.7 Å². The highest BCUT2D eigenvalue weighted by molar-refractivity contribution is 5.84. The number of hydrogen-bond acceptors (Lipinski definition) is 3. The summed E-state index contributed by atoms with van der Waals surface area (Å²) in [6, 6.07) is 0. The van der Waals surface area contributed by atoms with Gasteiger partial charge in [-0.1, -0.05) is 0 Å². The third-order valence-corrected chi connectivity index (χ3v) is 1.67. The minimum Gasteiger partial charge on any atom is -0.378 e. The lowest BCUT2D eigenvalue weighted by Gasteiger charge is -2.21. The summed E-state index contributed by atoms with van der Waals surface area (Å²) in [4.78, 5) is 21.7. The molecule has 13 heavy (non-hydrogen) atoms. The number of hydrogen-bond donors (Lipinski definition) is 1. The molecule has 4 heteroatoms. The van der Waals surface area contributed by atoms with Crippen LogP contribution >= 0.6 is 0 Å². The zero-order chi connectivity index (χ0) is 10.5. The maximum atomic E-state index is 11.2. The van der Waals surface area contributed by atoms with Crippen LogP contribution in [0.2, 0.25) is 0 Å². The van der Waals surface area contributed by atoms with E-state index in [9.17, 15) is 9.59 Å². The molecule has 1 N–H and O–H groups in total. The van der Waals surface area contributed by atoms with Gasteiger partial charge in [-0.05, 0) is 20.8 Å². The first kappa shape index (κ1) is 12.1. The van der Waals surface area contributed by atoms with E-state index in [4.69, 9.17) is 4.74 Å². The molecule has 0 aliphatic heterocycles. The Hall–Kier alpha value is -0.900. The summed E-state index contributed by atoms with van der Waals surface area (Å²) < 4.78 is 5.07. The second-order valence-corrected chi connectivity index (χ2v) is 3.62. The van der Waals surface area contributed by atoms with Crippen LogP contribution in [-0.2, 0) is 14.3 Å². The summed E-state index contributed by atoms with van der Waals surface area (Å²) in [5.74, 6) is -0.217. The van der Waals surface area contributed by atoms with Gasteiger partial charge in [0, 0.05) is 7.11 Å². The van der Waals surface area contributed by atoms with Crippen molar-refractivity contribution in [1.29, 1.82) is 0 Å². The van der Waals surface area contributed by atoms with Crippen LogP contribution in [0.5, 0.6) is 0 Å². The van der Waals surface area contributed by atoms with E-state index in [1.807, 2.05) is 13.8 Å². The van der Waals surface area contributed by atoms with Crippen molar-refractivity contribution in [3.05, 3.63) is 0 Å². The van der Waals surface area contributed by atoms with Gasteiger partial charge >= 0.3 is 0 Å². The number of amides is 1. The van der Waals surface area contributed by atoms with Gasteiger partial charge in [-0.2, -0.15) is 0 Å². The lowest BCUT2D eigenvalue weighted by atomic mass is 10.1. The summed E-state index contributed by atoms with van der Waals surface area (Å²) in [5, 5.41) is 2.50. The van der Waals surface area contributed by atoms with Gasteiger partial charge in [0.25, 0.3) is 0 Å². The van der Waals surface area contributed by atoms with Crippen LogP contribution in [0.25, 0.3) is 0 Å². The standard InChI is InChI=1S/C9H17NO3/c1-7(11)6-10-8(12)5-9(2,3)13-4/h5-6H2,1-4H3,(H,10,12). The molecule has 76 valence electrons. The lowest BCUT2D eigenvalue weighted by molar-refractivity contribution is -0.128. The molecule has 0 bridgehead atoms. The number of Topliss-reactive ketones (excluding diaryl/α,β-unsaturated/α-hetero) is 1. The number of ketones is 1. The molecule has 0 radical (unpaired) electrons. The van der Waals surface area contributed by atoms with E-state index >= 15 is 0 Å². The summed E-state index contributed by atoms with van der Waals surface area (Å²) in [6.07, 6.45) is 0.261. The summed E-state index contributed by atoms with van der Waals surface area (Å²) in [7, 11) is 1.55. The summed E-state index contributed by atoms with van der Waals surface area (Å²) >= 11 is 0. The molecule has 0 fully saturated rings. The average molecular weight is 187 g/mol. The Kier molecular flexibility index (Phi) is 4.62. The minimum absolute atomic E-state index is 0.0522. The number of ether oxygens (including phenoxy) is 1. The molecule has 0 rings (SSSR count). The molecule has 0 aliphatic rings. The second kappa shape index (κ2) is 4.97. The molecule has 0 aromatic carbocycles. The quantitative estimate of drug-likeness (QED) is 0.682. The van der Waals surface area contributed by atoms with Crippen molar-refractivity contribution >= 4 is 11.7 Å². The van der Waals surface area contributed by atoms with Crippen LogP contribution in [0.3, 0.4) is 0 Å². The van der Waals surface area contributed by atoms with Gasteiger partial charge in [0.05, 0.1) is 18.6 Å². The van der Waals surface area contributed by atoms with Crippen LogP contribution in [0, 0.1) is 0 Å². The van der Waals surface area contributed by atoms with E-state index in [0.29, 0.717) is 0 Å². The van der Waals surface area contributed by atoms with Crippen LogP contribution in [0.1, 0.15) is 27.2 Å². The number of nitrogens with one attached hydrogen (secondary N) is 1. The Bertz CT molecular complexity index is 199. The Morgan fingerprint density at radius 2 is 1.92 bits per heavy atom. The molecule has 0 aromatic heterocycles. The Labute approximate surface area is 78.6 Å². The molecule has 0 heterocycles. The Balaban J connectivity index is 3.81. The number of rotatable bonds is 5. The normalized spacial score (nSPS) is 11.1. The second-order valence-electron chi connectivity index (χ2n) is 3.62. The highest BCUT2D eigenvalue weighted by Gasteiger charge is 2.20. The first-order valence-corrected chi connectivity index (χ1v) is 4.18. The largest absolute Gasteiger partial charge is 0.378 e. The first-order chi connectivity index (χ1) is 5.87. The van der Waals surface area contributed by atoms with Gasteiger partial charge in [0.15, 0.2) is 0 Å². The molecule has 0 saturated heterocycles. The predicted molar refractivity (Wildman–Crippen MR) is 49.4 cm³/mol. The molecule has 0 aromatic rings. The highest BCUT2D eigenvalue weighted by atomic mass is 16.5. The van der Waals surface area contributed by atoms with Crippen LogP contribution in [0.4, 0.5) is 0 Å². The number of methoxy groups -OCH3 is 1. The van der Waals surface area contributed by atoms with Gasteiger partial charge in [0.2, 0.25) is 5.91 Å². The zero-order valence-corrected chi connectivity index (χ0v) is 8.64. The fourth-order valence-corrected chi connectivity index (χ4v) is 0.744. The molecular weight excluding hydrogens is 170 g/mol. The molecule has 4 nitrogen and oxygen atoms in total. The van der Waals surface area contributed by atoms with Crippen LogP contribution in [-0.4, -0.2) is 30.9 Å². The Morgan fingerprint density at radius 1 is 1.38 bits per heavy atom. The SMILES string of the molecule is COC(C)(C)CC(=O)NCC(C)=O. The molecule has 1 amide bonds. The van der Waals surface area contributed by atoms with Gasteiger partial charge in [-0.15, -0.1) is 0 Å². The van der Waals surface area contributed by atoms with E-state index in [2.05, 4.69) is 5.32 Å². The minimum atomic E-state index is -0.471. The van der Waals surface area contributed by atoms with Gasteiger partial charge < -0.3 is 10.1 Å². The molecule has 0 aliphatic carbocycles. The van der Waals surface area contributed by atoms with Crippen molar-refractivity contribution in [2.24, 2.45) is 0 Å². The van der Waals surface area contributed by atoms with E-state index in [0.717, 1.165) is 0 Å². The monoisotopic (exact) mass is 187 g/mol. The van der Waals surface area contributed by atoms with Crippen molar-refractivity contribution in [3.8, 4) is 0 Å². The Morgan fingerprint density at radius 3 is 2.31 bits per heavy atom. The topological polar surface area (TPSA) is 55.4 Å². The van der Waals surface area contributed by atoms with Gasteiger partial charge in [-0.25, -0.2) is 0 Å². The van der Waals surface area contributed by atoms with Crippen molar-refractivity contribution < 1.29 is 14.3 Å². The van der Waals surface area contributed by atoms with Crippen LogP contribution in [0.15, 0.2) is 0 Å². The third-order valence-electron chi connectivity index (χ3n) is 1.67. The van der Waals surface area contributed by atoms with E-state index in [1.165, 1.54) is 6.92 Å². The first-order valence-electron chi connectivity index (χ1n) is 4.18. The summed E-state index contributed by atoms with van der Waals surface area (Å²) in [5.41, 5.74) is -0.471. The summed E-state index contributed by atoms with van der Waals surface area (Å²) in [6.45, 7) is 5.17. The van der Waals surface area contributed by atoms with E-state index in [1.54, 1.807) is 7.11 Å². The average Bonchev–Trinajstić information content (AvgIpc) is 2.00. The fourth-order valence-electron chi connectivity index (χ4n) is 0.744. The molecule has 0 atom stereocenters. The van der Waals surface area contributed by atoms with Crippen molar-refractivity contribution in [2.45, 2.75) is 32.8 Å². The maximum Gasteiger partial charge on any atom is 0.223 e. The third kappa shape index (κ3) is 6.28. The zero-order valence-electron chi connectivity index (χ0n) is 8.64. The smallest absolute Gasteiger partial charge is 0.223 e. The van der Waals surface area contributed by atoms with Gasteiger partial charge in [-0.3, -0.25) is 9.59 Å². The fraction of sp³-hybridized carbons (Fsp3) is 0.778. The molecule has 0 unspecified atom stereocenters. The van der Waals surface area contributed by atoms with Crippen LogP contribution < -0.4 is 5.32 Å². The van der Waals surface area contributed by atoms with Crippen molar-refractivity contribution in [1.82, 2.24) is 5.32 Å².